The van der Waals surface area contributed by atoms with Crippen molar-refractivity contribution < 1.29 is 36.8 Å². The number of likely N-dealkylation sites (tertiary alicyclic amines) is 2. The van der Waals surface area contributed by atoms with E-state index in [1.54, 1.807) is 9.80 Å². The third kappa shape index (κ3) is 10.7. The topological polar surface area (TPSA) is 123 Å². The van der Waals surface area contributed by atoms with E-state index in [1.807, 2.05) is 60.7 Å². The van der Waals surface area contributed by atoms with Gasteiger partial charge in [0.25, 0.3) is 10.1 Å². The maximum atomic E-state index is 11.9. The van der Waals surface area contributed by atoms with Gasteiger partial charge < -0.3 is 24.4 Å². The molecule has 0 bridgehead atoms. The molecule has 0 aromatic heterocycles. The quantitative estimate of drug-likeness (QED) is 0.544. The van der Waals surface area contributed by atoms with Crippen molar-refractivity contribution in [3.8, 4) is 0 Å². The highest BCUT2D eigenvalue weighted by molar-refractivity contribution is 7.86. The van der Waals surface area contributed by atoms with E-state index in [1.165, 1.54) is 0 Å². The van der Waals surface area contributed by atoms with E-state index < -0.39 is 10.1 Å². The third-order valence-corrected chi connectivity index (χ3v) is 6.77. The molecule has 2 aliphatic rings. The van der Waals surface area contributed by atoms with Crippen LogP contribution in [0.15, 0.2) is 60.7 Å². The zero-order valence-corrected chi connectivity index (χ0v) is 22.4. The van der Waals surface area contributed by atoms with E-state index in [-0.39, 0.29) is 31.0 Å². The molecule has 2 aromatic carbocycles. The summed E-state index contributed by atoms with van der Waals surface area (Å²) in [6.07, 6.45) is 2.01. The highest BCUT2D eigenvalue weighted by Crippen LogP contribution is 2.17. The fourth-order valence-electron chi connectivity index (χ4n) is 4.05. The van der Waals surface area contributed by atoms with Crippen LogP contribution in [0, 0.1) is 0 Å². The average molecular weight is 549 g/mol. The number of piperidine rings is 2. The van der Waals surface area contributed by atoms with Crippen LogP contribution in [0.1, 0.15) is 36.8 Å². The van der Waals surface area contributed by atoms with E-state index >= 15 is 0 Å². The maximum Gasteiger partial charge on any atom is 0.410 e. The fraction of sp³-hybridized carbons (Fsp3) is 0.481. The van der Waals surface area contributed by atoms with Crippen molar-refractivity contribution in [2.24, 2.45) is 0 Å². The summed E-state index contributed by atoms with van der Waals surface area (Å²) in [6.45, 7) is 2.57. The second-order valence-corrected chi connectivity index (χ2v) is 10.9. The molecule has 38 heavy (non-hydrogen) atoms. The van der Waals surface area contributed by atoms with E-state index in [4.69, 9.17) is 13.7 Å². The molecule has 2 amide bonds. The molecule has 0 radical (unpaired) electrons. The zero-order valence-electron chi connectivity index (χ0n) is 21.6. The van der Waals surface area contributed by atoms with Crippen LogP contribution in [0.2, 0.25) is 0 Å². The van der Waals surface area contributed by atoms with E-state index in [0.717, 1.165) is 17.4 Å². The van der Waals surface area contributed by atoms with E-state index in [0.29, 0.717) is 58.5 Å². The maximum absolute atomic E-state index is 11.9. The van der Waals surface area contributed by atoms with Gasteiger partial charge >= 0.3 is 12.2 Å². The fourth-order valence-corrected chi connectivity index (χ4v) is 4.74. The van der Waals surface area contributed by atoms with Crippen molar-refractivity contribution in [2.45, 2.75) is 51.1 Å². The molecule has 2 aliphatic heterocycles. The number of benzene rings is 2. The zero-order chi connectivity index (χ0) is 27.4. The molecule has 2 aromatic rings. The molecule has 2 heterocycles. The number of hydrogen-bond donors (Lipinski definition) is 1. The first kappa shape index (κ1) is 29.4. The Morgan fingerprint density at radius 3 is 1.55 bits per heavy atom. The van der Waals surface area contributed by atoms with Crippen LogP contribution < -0.4 is 0 Å². The molecule has 0 saturated carbocycles. The first-order valence-corrected chi connectivity index (χ1v) is 14.5. The van der Waals surface area contributed by atoms with Gasteiger partial charge in [0.05, 0.1) is 18.5 Å². The second-order valence-electron chi connectivity index (χ2n) is 9.29. The van der Waals surface area contributed by atoms with Gasteiger partial charge in [-0.15, -0.1) is 0 Å². The minimum atomic E-state index is -3.44. The summed E-state index contributed by atoms with van der Waals surface area (Å²) < 4.78 is 37.5. The van der Waals surface area contributed by atoms with Crippen molar-refractivity contribution in [3.05, 3.63) is 71.8 Å². The largest absolute Gasteiger partial charge is 0.445 e. The van der Waals surface area contributed by atoms with Gasteiger partial charge in [-0.05, 0) is 36.8 Å². The smallest absolute Gasteiger partial charge is 0.410 e. The average Bonchev–Trinajstić information content (AvgIpc) is 2.92. The van der Waals surface area contributed by atoms with E-state index in [9.17, 15) is 23.1 Å². The lowest BCUT2D eigenvalue weighted by Crippen LogP contribution is -2.41. The third-order valence-electron chi connectivity index (χ3n) is 6.14. The molecule has 2 saturated heterocycles. The van der Waals surface area contributed by atoms with Gasteiger partial charge in [0, 0.05) is 26.2 Å². The summed E-state index contributed by atoms with van der Waals surface area (Å²) in [5, 5.41) is 9.34. The van der Waals surface area contributed by atoms with Crippen molar-refractivity contribution in [2.75, 3.05) is 32.4 Å². The molecule has 2 fully saturated rings. The highest BCUT2D eigenvalue weighted by Gasteiger charge is 2.26. The summed E-state index contributed by atoms with van der Waals surface area (Å²) in [5.41, 5.74) is 1.92. The molecule has 208 valence electrons. The molecule has 4 rings (SSSR count). The Balaban J connectivity index is 0.000000215. The first-order chi connectivity index (χ1) is 18.2. The number of aliphatic hydroxyl groups excluding tert-OH is 1. The van der Waals surface area contributed by atoms with E-state index in [2.05, 4.69) is 0 Å². The van der Waals surface area contributed by atoms with Gasteiger partial charge in [-0.25, -0.2) is 9.59 Å². The Hall–Kier alpha value is -3.15. The molecule has 10 nitrogen and oxygen atoms in total. The van der Waals surface area contributed by atoms with Crippen LogP contribution in [0.25, 0.3) is 0 Å². The van der Waals surface area contributed by atoms with Crippen LogP contribution >= 0.6 is 0 Å². The number of nitrogens with zero attached hydrogens (tertiary/aromatic N) is 2. The van der Waals surface area contributed by atoms with Crippen LogP contribution in [-0.4, -0.2) is 80.2 Å². The molecule has 0 spiro atoms. The van der Waals surface area contributed by atoms with Crippen LogP contribution in [0.3, 0.4) is 0 Å². The van der Waals surface area contributed by atoms with Crippen molar-refractivity contribution in [1.29, 1.82) is 0 Å². The number of hydrogen-bond acceptors (Lipinski definition) is 8. The number of carbonyl (C=O) groups is 2. The number of carbonyl (C=O) groups excluding carboxylic acids is 2. The number of rotatable bonds is 6. The monoisotopic (exact) mass is 548 g/mol. The van der Waals surface area contributed by atoms with Gasteiger partial charge in [-0.1, -0.05) is 60.7 Å². The number of aliphatic hydroxyl groups is 1. The summed E-state index contributed by atoms with van der Waals surface area (Å²) in [5.74, 6) is 0. The Bertz CT molecular complexity index is 1100. The van der Waals surface area contributed by atoms with Crippen molar-refractivity contribution in [1.82, 2.24) is 9.80 Å². The summed E-state index contributed by atoms with van der Waals surface area (Å²) in [4.78, 5) is 26.8. The van der Waals surface area contributed by atoms with Crippen molar-refractivity contribution in [3.63, 3.8) is 0 Å². The molecule has 0 unspecified atom stereocenters. The second kappa shape index (κ2) is 14.7. The Kier molecular flexibility index (Phi) is 11.4. The van der Waals surface area contributed by atoms with Gasteiger partial charge in [-0.3, -0.25) is 4.18 Å². The summed E-state index contributed by atoms with van der Waals surface area (Å²) in [6, 6.07) is 19.1. The summed E-state index contributed by atoms with van der Waals surface area (Å²) >= 11 is 0. The lowest BCUT2D eigenvalue weighted by Gasteiger charge is -2.30. The van der Waals surface area contributed by atoms with Gasteiger partial charge in [0.15, 0.2) is 0 Å². The minimum Gasteiger partial charge on any atom is -0.445 e. The molecular formula is C27H36N2O8S. The number of amides is 2. The molecule has 1 N–H and O–H groups in total. The minimum absolute atomic E-state index is 0.236. The lowest BCUT2D eigenvalue weighted by molar-refractivity contribution is 0.0559. The summed E-state index contributed by atoms with van der Waals surface area (Å²) in [7, 11) is -3.44. The first-order valence-electron chi connectivity index (χ1n) is 12.7. The van der Waals surface area contributed by atoms with Crippen LogP contribution in [0.5, 0.6) is 0 Å². The van der Waals surface area contributed by atoms with Crippen LogP contribution in [0.4, 0.5) is 9.59 Å². The predicted molar refractivity (Wildman–Crippen MR) is 141 cm³/mol. The Labute approximate surface area is 224 Å². The number of ether oxygens (including phenoxy) is 2. The SMILES string of the molecule is CS(=O)(=O)OC1CCN(C(=O)OCc2ccccc2)CC1.O=C(OCc1ccccc1)N1CCC(O)CC1. The Morgan fingerprint density at radius 2 is 1.16 bits per heavy atom. The molecule has 11 heteroatoms. The van der Waals surface area contributed by atoms with Gasteiger partial charge in [0.2, 0.25) is 0 Å². The lowest BCUT2D eigenvalue weighted by atomic mass is 10.1. The van der Waals surface area contributed by atoms with Gasteiger partial charge in [0.1, 0.15) is 13.2 Å². The molecular weight excluding hydrogens is 512 g/mol. The predicted octanol–water partition coefficient (Wildman–Crippen LogP) is 3.54. The van der Waals surface area contributed by atoms with Crippen LogP contribution in [-0.2, 0) is 37.0 Å². The highest BCUT2D eigenvalue weighted by atomic mass is 32.2. The van der Waals surface area contributed by atoms with Gasteiger partial charge in [-0.2, -0.15) is 8.42 Å². The van der Waals surface area contributed by atoms with Crippen molar-refractivity contribution >= 4 is 22.3 Å². The molecule has 0 aliphatic carbocycles. The Morgan fingerprint density at radius 1 is 0.763 bits per heavy atom. The standard InChI is InChI=1S/C14H19NO5S.C13H17NO3/c1-21(17,18)20-13-7-9-15(10-8-13)14(16)19-11-12-5-3-2-4-6-12;15-12-6-8-14(9-7-12)13(16)17-10-11-4-2-1-3-5-11/h2-6,13H,7-11H2,1H3;1-5,12,15H,6-10H2. The molecule has 0 atom stereocenters. The normalized spacial score (nSPS) is 16.8.